The van der Waals surface area contributed by atoms with Crippen molar-refractivity contribution in [3.05, 3.63) is 27.4 Å². The van der Waals surface area contributed by atoms with Crippen molar-refractivity contribution in [1.82, 2.24) is 19.6 Å². The third-order valence-corrected chi connectivity index (χ3v) is 4.13. The molecular formula is C10H10N4OS. The second-order valence-electron chi connectivity index (χ2n) is 4.35. The Morgan fingerprint density at radius 3 is 3.06 bits per heavy atom. The van der Waals surface area contributed by atoms with Crippen molar-refractivity contribution in [3.8, 4) is 0 Å². The molecule has 0 radical (unpaired) electrons. The number of fused-ring (bicyclic) bond motifs is 3. The minimum atomic E-state index is 0.00208. The molecule has 0 spiro atoms. The third-order valence-electron chi connectivity index (χ3n) is 3.15. The Balaban J connectivity index is 2.06. The first-order valence-electron chi connectivity index (χ1n) is 5.41. The third kappa shape index (κ3) is 1.10. The Bertz CT molecular complexity index is 640. The molecule has 0 saturated heterocycles. The van der Waals surface area contributed by atoms with Gasteiger partial charge in [0.15, 0.2) is 5.82 Å². The van der Waals surface area contributed by atoms with E-state index in [1.54, 1.807) is 11.8 Å². The molecule has 1 aliphatic carbocycles. The second kappa shape index (κ2) is 2.88. The number of rotatable bonds is 1. The van der Waals surface area contributed by atoms with Crippen LogP contribution in [0.2, 0.25) is 0 Å². The number of aromatic nitrogens is 4. The van der Waals surface area contributed by atoms with Crippen molar-refractivity contribution in [3.63, 3.8) is 0 Å². The summed E-state index contributed by atoms with van der Waals surface area (Å²) in [5.41, 5.74) is 1.90. The lowest BCUT2D eigenvalue weighted by Gasteiger charge is -1.98. The minimum absolute atomic E-state index is 0.00208. The molecule has 1 saturated carbocycles. The van der Waals surface area contributed by atoms with E-state index in [1.165, 1.54) is 12.8 Å². The summed E-state index contributed by atoms with van der Waals surface area (Å²) in [4.78, 5) is 19.0. The van der Waals surface area contributed by atoms with E-state index in [9.17, 15) is 4.79 Å². The van der Waals surface area contributed by atoms with Gasteiger partial charge in [-0.3, -0.25) is 9.78 Å². The van der Waals surface area contributed by atoms with Gasteiger partial charge in [-0.15, -0.1) is 5.10 Å². The van der Waals surface area contributed by atoms with Crippen molar-refractivity contribution in [2.45, 2.75) is 30.3 Å². The van der Waals surface area contributed by atoms with Crippen LogP contribution < -0.4 is 5.56 Å². The smallest absolute Gasteiger partial charge is 0.256 e. The fraction of sp³-hybridized carbons (Fsp3) is 0.500. The highest BCUT2D eigenvalue weighted by Gasteiger charge is 2.29. The summed E-state index contributed by atoms with van der Waals surface area (Å²) in [6.07, 6.45) is 2.36. The van der Waals surface area contributed by atoms with Crippen LogP contribution in [0.15, 0.2) is 4.79 Å². The van der Waals surface area contributed by atoms with Gasteiger partial charge in [-0.05, 0) is 12.8 Å². The molecule has 2 aliphatic rings. The largest absolute Gasteiger partial charge is 0.290 e. The van der Waals surface area contributed by atoms with Crippen molar-refractivity contribution < 1.29 is 0 Å². The SMILES string of the molecule is O=c1[nH]c2nc(C3CC3)nn2c2c1CSC2. The lowest BCUT2D eigenvalue weighted by atomic mass is 10.3. The number of hydrogen-bond donors (Lipinski definition) is 1. The van der Waals surface area contributed by atoms with Gasteiger partial charge in [0.2, 0.25) is 5.78 Å². The Morgan fingerprint density at radius 2 is 2.25 bits per heavy atom. The van der Waals surface area contributed by atoms with Crippen LogP contribution in [0.25, 0.3) is 5.78 Å². The van der Waals surface area contributed by atoms with Gasteiger partial charge in [-0.2, -0.15) is 16.7 Å². The first-order chi connectivity index (χ1) is 7.83. The number of aromatic amines is 1. The molecule has 1 fully saturated rings. The molecule has 0 atom stereocenters. The summed E-state index contributed by atoms with van der Waals surface area (Å²) in [6, 6.07) is 0. The summed E-state index contributed by atoms with van der Waals surface area (Å²) < 4.78 is 1.82. The molecule has 1 N–H and O–H groups in total. The molecule has 4 rings (SSSR count). The van der Waals surface area contributed by atoms with E-state index in [0.29, 0.717) is 11.7 Å². The normalized spacial score (nSPS) is 19.2. The van der Waals surface area contributed by atoms with Crippen molar-refractivity contribution >= 4 is 17.5 Å². The first-order valence-corrected chi connectivity index (χ1v) is 6.57. The molecule has 0 bridgehead atoms. The standard InChI is InChI=1S/C10H10N4OS/c15-9-6-3-16-4-7(6)14-10(12-9)11-8(13-14)5-1-2-5/h5H,1-4H2,(H,11,12,13,15). The van der Waals surface area contributed by atoms with Gasteiger partial charge in [0.1, 0.15) is 0 Å². The van der Waals surface area contributed by atoms with Gasteiger partial charge in [0.25, 0.3) is 5.56 Å². The lowest BCUT2D eigenvalue weighted by molar-refractivity contribution is 0.833. The highest BCUT2D eigenvalue weighted by Crippen LogP contribution is 2.38. The van der Waals surface area contributed by atoms with Gasteiger partial charge in [0, 0.05) is 23.0 Å². The molecule has 2 aromatic rings. The summed E-state index contributed by atoms with van der Waals surface area (Å²) in [5.74, 6) is 3.67. The molecule has 1 aliphatic heterocycles. The van der Waals surface area contributed by atoms with Gasteiger partial charge < -0.3 is 0 Å². The maximum absolute atomic E-state index is 11.8. The molecule has 0 amide bonds. The highest BCUT2D eigenvalue weighted by atomic mass is 32.2. The Hall–Kier alpha value is -1.30. The molecule has 3 heterocycles. The summed E-state index contributed by atoms with van der Waals surface area (Å²) in [7, 11) is 0. The van der Waals surface area contributed by atoms with Crippen molar-refractivity contribution in [2.75, 3.05) is 0 Å². The van der Waals surface area contributed by atoms with Crippen LogP contribution >= 0.6 is 11.8 Å². The fourth-order valence-electron chi connectivity index (χ4n) is 2.09. The van der Waals surface area contributed by atoms with E-state index >= 15 is 0 Å². The van der Waals surface area contributed by atoms with E-state index < -0.39 is 0 Å². The fourth-order valence-corrected chi connectivity index (χ4v) is 3.19. The topological polar surface area (TPSA) is 63.0 Å². The van der Waals surface area contributed by atoms with Crippen LogP contribution in [0.1, 0.15) is 35.8 Å². The zero-order valence-corrected chi connectivity index (χ0v) is 9.38. The Kier molecular flexibility index (Phi) is 1.59. The molecule has 0 unspecified atom stereocenters. The van der Waals surface area contributed by atoms with Crippen LogP contribution in [0, 0.1) is 0 Å². The maximum atomic E-state index is 11.8. The molecule has 82 valence electrons. The molecule has 16 heavy (non-hydrogen) atoms. The Labute approximate surface area is 95.3 Å². The van der Waals surface area contributed by atoms with Crippen LogP contribution in [-0.4, -0.2) is 19.6 Å². The first kappa shape index (κ1) is 8.81. The quantitative estimate of drug-likeness (QED) is 0.800. The van der Waals surface area contributed by atoms with Crippen molar-refractivity contribution in [1.29, 1.82) is 0 Å². The van der Waals surface area contributed by atoms with E-state index in [0.717, 1.165) is 28.6 Å². The lowest BCUT2D eigenvalue weighted by Crippen LogP contribution is -2.16. The minimum Gasteiger partial charge on any atom is -0.290 e. The highest BCUT2D eigenvalue weighted by molar-refractivity contribution is 7.98. The summed E-state index contributed by atoms with van der Waals surface area (Å²) >= 11 is 1.76. The van der Waals surface area contributed by atoms with Crippen LogP contribution in [0.4, 0.5) is 0 Å². The second-order valence-corrected chi connectivity index (χ2v) is 5.34. The molecular weight excluding hydrogens is 224 g/mol. The van der Waals surface area contributed by atoms with Gasteiger partial charge in [-0.25, -0.2) is 4.52 Å². The van der Waals surface area contributed by atoms with E-state index in [2.05, 4.69) is 15.1 Å². The zero-order valence-electron chi connectivity index (χ0n) is 8.56. The Morgan fingerprint density at radius 1 is 1.38 bits per heavy atom. The summed E-state index contributed by atoms with van der Waals surface area (Å²) in [6.45, 7) is 0. The number of thioether (sulfide) groups is 1. The predicted molar refractivity (Wildman–Crippen MR) is 60.6 cm³/mol. The van der Waals surface area contributed by atoms with E-state index in [-0.39, 0.29) is 5.56 Å². The average molecular weight is 234 g/mol. The van der Waals surface area contributed by atoms with Crippen LogP contribution in [0.5, 0.6) is 0 Å². The number of hydrogen-bond acceptors (Lipinski definition) is 4. The van der Waals surface area contributed by atoms with Crippen LogP contribution in [0.3, 0.4) is 0 Å². The van der Waals surface area contributed by atoms with Gasteiger partial charge in [-0.1, -0.05) is 0 Å². The van der Waals surface area contributed by atoms with E-state index in [1.807, 2.05) is 4.52 Å². The monoisotopic (exact) mass is 234 g/mol. The van der Waals surface area contributed by atoms with Gasteiger partial charge in [0.05, 0.1) is 5.69 Å². The molecule has 2 aromatic heterocycles. The molecule has 6 heteroatoms. The average Bonchev–Trinajstić information content (AvgIpc) is 2.85. The number of H-pyrrole nitrogens is 1. The van der Waals surface area contributed by atoms with E-state index in [4.69, 9.17) is 0 Å². The number of nitrogens with zero attached hydrogens (tertiary/aromatic N) is 3. The molecule has 0 aromatic carbocycles. The summed E-state index contributed by atoms with van der Waals surface area (Å²) in [5, 5.41) is 4.51. The maximum Gasteiger partial charge on any atom is 0.256 e. The molecule has 5 nitrogen and oxygen atoms in total. The zero-order chi connectivity index (χ0) is 10.7. The van der Waals surface area contributed by atoms with Crippen molar-refractivity contribution in [2.24, 2.45) is 0 Å². The van der Waals surface area contributed by atoms with Gasteiger partial charge >= 0.3 is 0 Å². The predicted octanol–water partition coefficient (Wildman–Crippen LogP) is 1.04. The van der Waals surface area contributed by atoms with Crippen LogP contribution in [-0.2, 0) is 11.5 Å². The number of nitrogens with one attached hydrogen (secondary N) is 1.